The maximum Gasteiger partial charge on any atom is 0.311 e. The Labute approximate surface area is 141 Å². The van der Waals surface area contributed by atoms with Gasteiger partial charge in [0.25, 0.3) is 0 Å². The van der Waals surface area contributed by atoms with Crippen LogP contribution in [-0.2, 0) is 9.53 Å². The third-order valence-electron chi connectivity index (χ3n) is 6.93. The van der Waals surface area contributed by atoms with Gasteiger partial charge in [-0.1, -0.05) is 32.4 Å². The van der Waals surface area contributed by atoms with Crippen molar-refractivity contribution in [2.75, 3.05) is 13.7 Å². The lowest BCUT2D eigenvalue weighted by atomic mass is 9.46. The molecule has 3 nitrogen and oxygen atoms in total. The molecule has 0 amide bonds. The van der Waals surface area contributed by atoms with Crippen LogP contribution in [0.15, 0.2) is 12.2 Å². The number of hydrogen-bond acceptors (Lipinski definition) is 3. The summed E-state index contributed by atoms with van der Waals surface area (Å²) < 4.78 is 5.17. The molecule has 0 aliphatic heterocycles. The number of methoxy groups -OCH3 is 1. The maximum absolute atomic E-state index is 12.5. The fourth-order valence-electron chi connectivity index (χ4n) is 5.50. The van der Waals surface area contributed by atoms with Crippen LogP contribution in [0.3, 0.4) is 0 Å². The molecule has 0 aromatic rings. The van der Waals surface area contributed by atoms with Gasteiger partial charge in [-0.05, 0) is 68.6 Å². The first kappa shape index (κ1) is 18.5. The number of rotatable bonds is 5. The summed E-state index contributed by atoms with van der Waals surface area (Å²) in [6.07, 6.45) is 7.35. The Hall–Kier alpha value is -0.830. The molecule has 2 rings (SSSR count). The lowest BCUT2D eigenvalue weighted by Gasteiger charge is -2.57. The predicted octanol–water partition coefficient (Wildman–Crippen LogP) is 4.35. The van der Waals surface area contributed by atoms with Crippen molar-refractivity contribution in [1.82, 2.24) is 0 Å². The van der Waals surface area contributed by atoms with Crippen LogP contribution in [0.2, 0.25) is 0 Å². The quantitative estimate of drug-likeness (QED) is 0.605. The van der Waals surface area contributed by atoms with Gasteiger partial charge in [0, 0.05) is 6.61 Å². The number of carbonyl (C=O) groups is 1. The Morgan fingerprint density at radius 2 is 2.13 bits per heavy atom. The fourth-order valence-corrected chi connectivity index (χ4v) is 5.50. The summed E-state index contributed by atoms with van der Waals surface area (Å²) >= 11 is 0. The van der Waals surface area contributed by atoms with Crippen LogP contribution in [0.5, 0.6) is 0 Å². The van der Waals surface area contributed by atoms with Gasteiger partial charge >= 0.3 is 5.97 Å². The predicted molar refractivity (Wildman–Crippen MR) is 92.9 cm³/mol. The highest BCUT2D eigenvalue weighted by atomic mass is 16.5. The van der Waals surface area contributed by atoms with Crippen molar-refractivity contribution in [3.63, 3.8) is 0 Å². The van der Waals surface area contributed by atoms with Gasteiger partial charge in [0.2, 0.25) is 0 Å². The average molecular weight is 322 g/mol. The number of hydrogen-bond donors (Lipinski definition) is 1. The monoisotopic (exact) mass is 322 g/mol. The fraction of sp³-hybridized carbons (Fsp3) is 0.850. The van der Waals surface area contributed by atoms with E-state index in [1.54, 1.807) is 0 Å². The van der Waals surface area contributed by atoms with Crippen LogP contribution in [0.1, 0.15) is 65.7 Å². The SMILES string of the molecule is C=C1CCC2C(C)(C(=O)OC)CCCC2(C)C1CCC(C)CO. The van der Waals surface area contributed by atoms with Gasteiger partial charge in [0.1, 0.15) is 0 Å². The van der Waals surface area contributed by atoms with E-state index in [2.05, 4.69) is 27.4 Å². The number of aliphatic hydroxyl groups excluding tert-OH is 1. The lowest BCUT2D eigenvalue weighted by molar-refractivity contribution is -0.168. The van der Waals surface area contributed by atoms with Gasteiger partial charge < -0.3 is 9.84 Å². The second-order valence-electron chi connectivity index (χ2n) is 8.44. The van der Waals surface area contributed by atoms with E-state index in [0.717, 1.165) is 38.5 Å². The highest BCUT2D eigenvalue weighted by molar-refractivity contribution is 5.77. The second-order valence-corrected chi connectivity index (χ2v) is 8.44. The van der Waals surface area contributed by atoms with Crippen molar-refractivity contribution in [2.24, 2.45) is 28.6 Å². The average Bonchev–Trinajstić information content (AvgIpc) is 2.52. The molecule has 23 heavy (non-hydrogen) atoms. The summed E-state index contributed by atoms with van der Waals surface area (Å²) in [6.45, 7) is 11.2. The van der Waals surface area contributed by atoms with E-state index in [0.29, 0.717) is 17.8 Å². The molecule has 0 spiro atoms. The van der Waals surface area contributed by atoms with Crippen molar-refractivity contribution in [2.45, 2.75) is 65.7 Å². The number of carbonyl (C=O) groups excluding carboxylic acids is 1. The van der Waals surface area contributed by atoms with Crippen molar-refractivity contribution in [3.8, 4) is 0 Å². The van der Waals surface area contributed by atoms with Crippen molar-refractivity contribution >= 4 is 5.97 Å². The standard InChI is InChI=1S/C20H34O3/c1-14(13-21)7-9-16-15(2)8-10-17-19(16,3)11-6-12-20(17,4)18(22)23-5/h14,16-17,21H,2,6-13H2,1,3-5H3. The molecule has 5 atom stereocenters. The minimum atomic E-state index is -0.358. The second kappa shape index (κ2) is 6.96. The van der Waals surface area contributed by atoms with Gasteiger partial charge in [-0.15, -0.1) is 0 Å². The molecule has 0 heterocycles. The van der Waals surface area contributed by atoms with Crippen LogP contribution >= 0.6 is 0 Å². The Kier molecular flexibility index (Phi) is 5.60. The van der Waals surface area contributed by atoms with Crippen LogP contribution in [0.4, 0.5) is 0 Å². The van der Waals surface area contributed by atoms with Gasteiger partial charge in [0.15, 0.2) is 0 Å². The number of aliphatic hydroxyl groups is 1. The molecular formula is C20H34O3. The largest absolute Gasteiger partial charge is 0.469 e. The van der Waals surface area contributed by atoms with Gasteiger partial charge in [0.05, 0.1) is 12.5 Å². The highest BCUT2D eigenvalue weighted by Crippen LogP contribution is 2.62. The molecule has 1 N–H and O–H groups in total. The summed E-state index contributed by atoms with van der Waals surface area (Å²) in [5, 5.41) is 9.33. The molecule has 2 saturated carbocycles. The molecular weight excluding hydrogens is 288 g/mol. The Morgan fingerprint density at radius 3 is 2.74 bits per heavy atom. The molecule has 132 valence electrons. The molecule has 2 fully saturated rings. The maximum atomic E-state index is 12.5. The number of fused-ring (bicyclic) bond motifs is 1. The molecule has 0 aromatic carbocycles. The van der Waals surface area contributed by atoms with Gasteiger partial charge in [-0.25, -0.2) is 0 Å². The van der Waals surface area contributed by atoms with Crippen LogP contribution in [0.25, 0.3) is 0 Å². The zero-order chi connectivity index (χ0) is 17.3. The van der Waals surface area contributed by atoms with Crippen LogP contribution < -0.4 is 0 Å². The molecule has 2 aliphatic rings. The zero-order valence-corrected chi connectivity index (χ0v) is 15.4. The molecule has 2 aliphatic carbocycles. The first-order valence-corrected chi connectivity index (χ1v) is 9.16. The van der Waals surface area contributed by atoms with E-state index in [9.17, 15) is 9.90 Å². The van der Waals surface area contributed by atoms with Gasteiger partial charge in [-0.2, -0.15) is 0 Å². The number of allylic oxidation sites excluding steroid dienone is 1. The molecule has 5 unspecified atom stereocenters. The van der Waals surface area contributed by atoms with E-state index >= 15 is 0 Å². The van der Waals surface area contributed by atoms with E-state index in [1.165, 1.54) is 19.1 Å². The Bertz CT molecular complexity index is 458. The molecule has 0 saturated heterocycles. The van der Waals surface area contributed by atoms with E-state index in [1.807, 2.05) is 0 Å². The van der Waals surface area contributed by atoms with E-state index in [4.69, 9.17) is 4.74 Å². The summed E-state index contributed by atoms with van der Waals surface area (Å²) in [5.74, 6) is 1.13. The third kappa shape index (κ3) is 3.22. The number of esters is 1. The summed E-state index contributed by atoms with van der Waals surface area (Å²) in [4.78, 5) is 12.5. The summed E-state index contributed by atoms with van der Waals surface area (Å²) in [6, 6.07) is 0. The highest BCUT2D eigenvalue weighted by Gasteiger charge is 2.57. The Balaban J connectivity index is 2.27. The van der Waals surface area contributed by atoms with E-state index < -0.39 is 0 Å². The lowest BCUT2D eigenvalue weighted by Crippen LogP contribution is -2.53. The minimum absolute atomic E-state index is 0.0385. The first-order valence-electron chi connectivity index (χ1n) is 9.16. The molecule has 0 aromatic heterocycles. The zero-order valence-electron chi connectivity index (χ0n) is 15.4. The number of ether oxygens (including phenoxy) is 1. The summed E-state index contributed by atoms with van der Waals surface area (Å²) in [7, 11) is 1.52. The normalized spacial score (nSPS) is 38.7. The third-order valence-corrected chi connectivity index (χ3v) is 6.93. The first-order chi connectivity index (χ1) is 10.8. The molecule has 3 heteroatoms. The Morgan fingerprint density at radius 1 is 1.43 bits per heavy atom. The van der Waals surface area contributed by atoms with Crippen LogP contribution in [0, 0.1) is 28.6 Å². The molecule has 0 radical (unpaired) electrons. The van der Waals surface area contributed by atoms with Crippen LogP contribution in [-0.4, -0.2) is 24.8 Å². The smallest absolute Gasteiger partial charge is 0.311 e. The van der Waals surface area contributed by atoms with Crippen molar-refractivity contribution in [1.29, 1.82) is 0 Å². The van der Waals surface area contributed by atoms with Crippen molar-refractivity contribution < 1.29 is 14.6 Å². The van der Waals surface area contributed by atoms with E-state index in [-0.39, 0.29) is 23.4 Å². The van der Waals surface area contributed by atoms with Gasteiger partial charge in [-0.3, -0.25) is 4.79 Å². The summed E-state index contributed by atoms with van der Waals surface area (Å²) in [5.41, 5.74) is 1.12. The molecule has 0 bridgehead atoms. The topological polar surface area (TPSA) is 46.5 Å². The minimum Gasteiger partial charge on any atom is -0.469 e. The van der Waals surface area contributed by atoms with Crippen molar-refractivity contribution in [3.05, 3.63) is 12.2 Å².